The molecule has 6 heteroatoms. The summed E-state index contributed by atoms with van der Waals surface area (Å²) in [5.41, 5.74) is 8.25. The van der Waals surface area contributed by atoms with E-state index in [0.29, 0.717) is 12.4 Å². The Labute approximate surface area is 123 Å². The molecule has 0 saturated heterocycles. The molecular weight excluding hydrogens is 266 g/mol. The van der Waals surface area contributed by atoms with Gasteiger partial charge < -0.3 is 21.2 Å². The third-order valence-corrected chi connectivity index (χ3v) is 3.05. The lowest BCUT2D eigenvalue weighted by molar-refractivity contribution is 0.0622. The minimum Gasteiger partial charge on any atom is -0.383 e. The molecular formula is C15H19N5O. The molecule has 6 nitrogen and oxygen atoms in total. The van der Waals surface area contributed by atoms with Crippen molar-refractivity contribution in [1.29, 1.82) is 5.41 Å². The molecule has 2 rings (SSSR count). The number of nitrogens with zero attached hydrogens (tertiary/aromatic N) is 2. The van der Waals surface area contributed by atoms with Crippen molar-refractivity contribution < 1.29 is 4.74 Å². The molecule has 1 heterocycles. The topological polar surface area (TPSA) is 96.9 Å². The summed E-state index contributed by atoms with van der Waals surface area (Å²) >= 11 is 0. The predicted molar refractivity (Wildman–Crippen MR) is 84.9 cm³/mol. The van der Waals surface area contributed by atoms with E-state index in [2.05, 4.69) is 15.3 Å². The van der Waals surface area contributed by atoms with Crippen molar-refractivity contribution in [3.8, 4) is 0 Å². The van der Waals surface area contributed by atoms with Crippen LogP contribution in [0.1, 0.15) is 19.4 Å². The molecule has 0 aliphatic carbocycles. The molecule has 0 saturated carbocycles. The maximum absolute atomic E-state index is 7.57. The molecule has 0 radical (unpaired) electrons. The third kappa shape index (κ3) is 3.55. The Balaban J connectivity index is 2.32. The van der Waals surface area contributed by atoms with Gasteiger partial charge in [0, 0.05) is 30.0 Å². The number of benzene rings is 1. The van der Waals surface area contributed by atoms with Crippen molar-refractivity contribution in [2.45, 2.75) is 20.1 Å². The molecule has 4 N–H and O–H groups in total. The SMILES string of the molecule is CCOC(C)N/C=C(\C=N)c1ccc2ncnc(N)c2c1. The summed E-state index contributed by atoms with van der Waals surface area (Å²) in [6.07, 6.45) is 4.37. The molecule has 0 aliphatic heterocycles. The monoisotopic (exact) mass is 285 g/mol. The largest absolute Gasteiger partial charge is 0.383 e. The number of nitrogen functional groups attached to an aromatic ring is 1. The van der Waals surface area contributed by atoms with Crippen LogP contribution in [0.25, 0.3) is 16.5 Å². The van der Waals surface area contributed by atoms with E-state index in [1.165, 1.54) is 12.5 Å². The fraction of sp³-hybridized carbons (Fsp3) is 0.267. The standard InChI is InChI=1S/C15H19N5O/c1-3-21-10(2)18-8-12(7-16)11-4-5-14-13(6-11)15(17)20-9-19-14/h4-10,16,18H,3H2,1-2H3,(H2,17,19,20)/b12-8+,16-7?. The van der Waals surface area contributed by atoms with Crippen LogP contribution in [0, 0.1) is 5.41 Å². The summed E-state index contributed by atoms with van der Waals surface area (Å²) in [6.45, 7) is 4.48. The highest BCUT2D eigenvalue weighted by Gasteiger charge is 2.05. The average Bonchev–Trinajstić information content (AvgIpc) is 2.49. The smallest absolute Gasteiger partial charge is 0.134 e. The molecule has 0 spiro atoms. The molecule has 21 heavy (non-hydrogen) atoms. The zero-order valence-corrected chi connectivity index (χ0v) is 12.1. The molecule has 0 amide bonds. The summed E-state index contributed by atoms with van der Waals surface area (Å²) < 4.78 is 5.39. The second-order valence-electron chi connectivity index (χ2n) is 4.50. The highest BCUT2D eigenvalue weighted by Crippen LogP contribution is 2.21. The lowest BCUT2D eigenvalue weighted by Crippen LogP contribution is -2.24. The average molecular weight is 285 g/mol. The summed E-state index contributed by atoms with van der Waals surface area (Å²) in [5.74, 6) is 0.432. The van der Waals surface area contributed by atoms with Crippen molar-refractivity contribution >= 4 is 28.5 Å². The number of hydrogen-bond donors (Lipinski definition) is 3. The summed E-state index contributed by atoms with van der Waals surface area (Å²) in [5, 5.41) is 11.4. The van der Waals surface area contributed by atoms with Crippen molar-refractivity contribution in [2.75, 3.05) is 12.3 Å². The van der Waals surface area contributed by atoms with Crippen LogP contribution in [0.4, 0.5) is 5.82 Å². The summed E-state index contributed by atoms with van der Waals surface area (Å²) in [6, 6.07) is 5.65. The fourth-order valence-electron chi connectivity index (χ4n) is 1.97. The van der Waals surface area contributed by atoms with Crippen molar-refractivity contribution in [1.82, 2.24) is 15.3 Å². The Bertz CT molecular complexity index is 668. The molecule has 2 aromatic rings. The second-order valence-corrected chi connectivity index (χ2v) is 4.50. The number of fused-ring (bicyclic) bond motifs is 1. The molecule has 1 unspecified atom stereocenters. The zero-order valence-electron chi connectivity index (χ0n) is 12.1. The van der Waals surface area contributed by atoms with Gasteiger partial charge in [-0.05, 0) is 31.5 Å². The van der Waals surface area contributed by atoms with Gasteiger partial charge in [-0.2, -0.15) is 0 Å². The Morgan fingerprint density at radius 1 is 1.48 bits per heavy atom. The van der Waals surface area contributed by atoms with E-state index >= 15 is 0 Å². The molecule has 1 atom stereocenters. The first-order valence-corrected chi connectivity index (χ1v) is 6.74. The highest BCUT2D eigenvalue weighted by molar-refractivity contribution is 6.09. The number of ether oxygens (including phenoxy) is 1. The van der Waals surface area contributed by atoms with E-state index in [1.54, 1.807) is 6.20 Å². The number of hydrogen-bond acceptors (Lipinski definition) is 6. The van der Waals surface area contributed by atoms with Crippen LogP contribution in [0.5, 0.6) is 0 Å². The van der Waals surface area contributed by atoms with Crippen LogP contribution >= 0.6 is 0 Å². The third-order valence-electron chi connectivity index (χ3n) is 3.05. The van der Waals surface area contributed by atoms with Crippen LogP contribution < -0.4 is 11.1 Å². The summed E-state index contributed by atoms with van der Waals surface area (Å²) in [4.78, 5) is 8.15. The van der Waals surface area contributed by atoms with Gasteiger partial charge in [-0.15, -0.1) is 0 Å². The maximum atomic E-state index is 7.57. The van der Waals surface area contributed by atoms with E-state index in [4.69, 9.17) is 15.9 Å². The minimum absolute atomic E-state index is 0.112. The molecule has 0 bridgehead atoms. The highest BCUT2D eigenvalue weighted by atomic mass is 16.5. The first-order chi connectivity index (χ1) is 10.2. The second kappa shape index (κ2) is 6.81. The minimum atomic E-state index is -0.112. The van der Waals surface area contributed by atoms with Gasteiger partial charge in [-0.3, -0.25) is 0 Å². The van der Waals surface area contributed by atoms with Gasteiger partial charge in [-0.1, -0.05) is 6.07 Å². The van der Waals surface area contributed by atoms with Crippen molar-refractivity contribution in [3.63, 3.8) is 0 Å². The van der Waals surface area contributed by atoms with Crippen LogP contribution in [-0.4, -0.2) is 29.0 Å². The van der Waals surface area contributed by atoms with E-state index in [9.17, 15) is 0 Å². The van der Waals surface area contributed by atoms with Crippen molar-refractivity contribution in [3.05, 3.63) is 36.3 Å². The Morgan fingerprint density at radius 3 is 3.00 bits per heavy atom. The number of aromatic nitrogens is 2. The molecule has 0 aliphatic rings. The summed E-state index contributed by atoms with van der Waals surface area (Å²) in [7, 11) is 0. The Kier molecular flexibility index (Phi) is 4.84. The zero-order chi connectivity index (χ0) is 15.2. The number of rotatable bonds is 6. The number of nitrogens with two attached hydrogens (primary N) is 1. The number of allylic oxidation sites excluding steroid dienone is 1. The van der Waals surface area contributed by atoms with E-state index in [-0.39, 0.29) is 6.23 Å². The maximum Gasteiger partial charge on any atom is 0.134 e. The van der Waals surface area contributed by atoms with Gasteiger partial charge in [0.05, 0.1) is 5.52 Å². The Morgan fingerprint density at radius 2 is 2.29 bits per heavy atom. The predicted octanol–water partition coefficient (Wildman–Crippen LogP) is 2.17. The number of anilines is 1. The number of nitrogens with one attached hydrogen (secondary N) is 2. The van der Waals surface area contributed by atoms with E-state index in [0.717, 1.165) is 22.0 Å². The van der Waals surface area contributed by atoms with Crippen LogP contribution in [0.15, 0.2) is 30.7 Å². The molecule has 1 aromatic carbocycles. The van der Waals surface area contributed by atoms with Crippen LogP contribution in [-0.2, 0) is 4.74 Å². The van der Waals surface area contributed by atoms with Gasteiger partial charge >= 0.3 is 0 Å². The lowest BCUT2D eigenvalue weighted by Gasteiger charge is -2.12. The van der Waals surface area contributed by atoms with Crippen LogP contribution in [0.3, 0.4) is 0 Å². The van der Waals surface area contributed by atoms with E-state index < -0.39 is 0 Å². The van der Waals surface area contributed by atoms with Crippen LogP contribution in [0.2, 0.25) is 0 Å². The molecule has 0 fully saturated rings. The van der Waals surface area contributed by atoms with Gasteiger partial charge in [0.15, 0.2) is 0 Å². The van der Waals surface area contributed by atoms with Gasteiger partial charge in [0.25, 0.3) is 0 Å². The fourth-order valence-corrected chi connectivity index (χ4v) is 1.97. The first-order valence-electron chi connectivity index (χ1n) is 6.74. The van der Waals surface area contributed by atoms with Gasteiger partial charge in [0.2, 0.25) is 0 Å². The van der Waals surface area contributed by atoms with Gasteiger partial charge in [-0.25, -0.2) is 9.97 Å². The first kappa shape index (κ1) is 14.9. The molecule has 110 valence electrons. The normalized spacial score (nSPS) is 13.1. The quantitative estimate of drug-likeness (QED) is 0.558. The van der Waals surface area contributed by atoms with Gasteiger partial charge in [0.1, 0.15) is 18.4 Å². The Hall–Kier alpha value is -2.47. The molecule has 1 aromatic heterocycles. The van der Waals surface area contributed by atoms with E-state index in [1.807, 2.05) is 32.0 Å². The lowest BCUT2D eigenvalue weighted by atomic mass is 10.1. The van der Waals surface area contributed by atoms with Crippen molar-refractivity contribution in [2.24, 2.45) is 0 Å².